The van der Waals surface area contributed by atoms with Crippen LogP contribution in [0.1, 0.15) is 16.7 Å². The van der Waals surface area contributed by atoms with Gasteiger partial charge in [-0.2, -0.15) is 0 Å². The van der Waals surface area contributed by atoms with E-state index in [1.807, 2.05) is 24.3 Å². The second-order valence-corrected chi connectivity index (χ2v) is 4.26. The Morgan fingerprint density at radius 2 is 1.82 bits per heavy atom. The highest BCUT2D eigenvalue weighted by molar-refractivity contribution is 5.51. The van der Waals surface area contributed by atoms with Gasteiger partial charge in [0.15, 0.2) is 0 Å². The third kappa shape index (κ3) is 2.78. The number of nitrogen functional groups attached to an aromatic ring is 1. The van der Waals surface area contributed by atoms with Crippen LogP contribution in [0.5, 0.6) is 5.75 Å². The molecule has 0 saturated heterocycles. The molecule has 2 aromatic carbocycles. The van der Waals surface area contributed by atoms with Crippen LogP contribution in [0.15, 0.2) is 42.5 Å². The van der Waals surface area contributed by atoms with Crippen molar-refractivity contribution in [1.29, 1.82) is 0 Å². The first-order valence-corrected chi connectivity index (χ1v) is 5.70. The first-order valence-electron chi connectivity index (χ1n) is 5.70. The zero-order chi connectivity index (χ0) is 12.3. The van der Waals surface area contributed by atoms with Crippen LogP contribution < -0.4 is 10.5 Å². The minimum absolute atomic E-state index is 0.557. The molecule has 0 spiro atoms. The molecule has 88 valence electrons. The van der Waals surface area contributed by atoms with Gasteiger partial charge in [-0.1, -0.05) is 35.9 Å². The molecule has 0 aromatic heterocycles. The van der Waals surface area contributed by atoms with E-state index in [0.29, 0.717) is 12.3 Å². The van der Waals surface area contributed by atoms with Gasteiger partial charge in [0.2, 0.25) is 0 Å². The number of rotatable bonds is 3. The highest BCUT2D eigenvalue weighted by Crippen LogP contribution is 2.22. The van der Waals surface area contributed by atoms with Crippen molar-refractivity contribution in [3.63, 3.8) is 0 Å². The fraction of sp³-hybridized carbons (Fsp3) is 0.200. The Morgan fingerprint density at radius 1 is 1.06 bits per heavy atom. The maximum atomic E-state index is 5.83. The lowest BCUT2D eigenvalue weighted by Gasteiger charge is -2.11. The van der Waals surface area contributed by atoms with Crippen molar-refractivity contribution in [3.05, 3.63) is 59.2 Å². The van der Waals surface area contributed by atoms with E-state index >= 15 is 0 Å². The summed E-state index contributed by atoms with van der Waals surface area (Å²) in [7, 11) is 0. The number of hydrogen-bond acceptors (Lipinski definition) is 2. The van der Waals surface area contributed by atoms with Crippen LogP contribution >= 0.6 is 0 Å². The number of aryl methyl sites for hydroxylation is 2. The molecule has 0 fully saturated rings. The molecule has 2 N–H and O–H groups in total. The monoisotopic (exact) mass is 227 g/mol. The summed E-state index contributed by atoms with van der Waals surface area (Å²) in [4.78, 5) is 0. The number of para-hydroxylation sites is 2. The third-order valence-corrected chi connectivity index (χ3v) is 2.81. The first kappa shape index (κ1) is 11.5. The summed E-state index contributed by atoms with van der Waals surface area (Å²) in [5.74, 6) is 0.744. The molecule has 0 aliphatic rings. The van der Waals surface area contributed by atoms with Crippen molar-refractivity contribution in [3.8, 4) is 5.75 Å². The average molecular weight is 227 g/mol. The minimum Gasteiger partial charge on any atom is -0.487 e. The van der Waals surface area contributed by atoms with Crippen molar-refractivity contribution in [2.45, 2.75) is 20.5 Å². The van der Waals surface area contributed by atoms with Gasteiger partial charge >= 0.3 is 0 Å². The third-order valence-electron chi connectivity index (χ3n) is 2.81. The Hall–Kier alpha value is -1.96. The SMILES string of the molecule is Cc1ccc(C)c(COc2ccccc2N)c1. The summed E-state index contributed by atoms with van der Waals surface area (Å²) in [5.41, 5.74) is 10.2. The number of nitrogens with two attached hydrogens (primary N) is 1. The molecule has 0 radical (unpaired) electrons. The molecule has 0 saturated carbocycles. The average Bonchev–Trinajstić information content (AvgIpc) is 2.32. The first-order chi connectivity index (χ1) is 8.16. The van der Waals surface area contributed by atoms with Crippen LogP contribution in [-0.2, 0) is 6.61 Å². The summed E-state index contributed by atoms with van der Waals surface area (Å²) in [6, 6.07) is 13.9. The fourth-order valence-corrected chi connectivity index (χ4v) is 1.72. The van der Waals surface area contributed by atoms with E-state index in [1.54, 1.807) is 0 Å². The van der Waals surface area contributed by atoms with Crippen LogP contribution in [-0.4, -0.2) is 0 Å². The zero-order valence-corrected chi connectivity index (χ0v) is 10.2. The van der Waals surface area contributed by atoms with Crippen molar-refractivity contribution >= 4 is 5.69 Å². The number of anilines is 1. The molecule has 0 bridgehead atoms. The van der Waals surface area contributed by atoms with E-state index in [2.05, 4.69) is 32.0 Å². The van der Waals surface area contributed by atoms with Crippen molar-refractivity contribution in [1.82, 2.24) is 0 Å². The number of hydrogen-bond donors (Lipinski definition) is 1. The summed E-state index contributed by atoms with van der Waals surface area (Å²) in [6.45, 7) is 4.73. The summed E-state index contributed by atoms with van der Waals surface area (Å²) < 4.78 is 5.73. The van der Waals surface area contributed by atoms with Gasteiger partial charge in [0.1, 0.15) is 12.4 Å². The van der Waals surface area contributed by atoms with Gasteiger partial charge in [-0.15, -0.1) is 0 Å². The summed E-state index contributed by atoms with van der Waals surface area (Å²) in [5, 5.41) is 0. The van der Waals surface area contributed by atoms with E-state index in [1.165, 1.54) is 16.7 Å². The molecular weight excluding hydrogens is 210 g/mol. The van der Waals surface area contributed by atoms with Gasteiger partial charge < -0.3 is 10.5 Å². The second kappa shape index (κ2) is 4.91. The van der Waals surface area contributed by atoms with Crippen LogP contribution in [0, 0.1) is 13.8 Å². The van der Waals surface area contributed by atoms with E-state index in [4.69, 9.17) is 10.5 Å². The zero-order valence-electron chi connectivity index (χ0n) is 10.2. The molecule has 0 aliphatic carbocycles. The van der Waals surface area contributed by atoms with Crippen LogP contribution in [0.2, 0.25) is 0 Å². The highest BCUT2D eigenvalue weighted by atomic mass is 16.5. The topological polar surface area (TPSA) is 35.2 Å². The van der Waals surface area contributed by atoms with Gasteiger partial charge in [-0.3, -0.25) is 0 Å². The molecule has 0 atom stereocenters. The predicted octanol–water partition coefficient (Wildman–Crippen LogP) is 3.46. The van der Waals surface area contributed by atoms with Gasteiger partial charge in [0, 0.05) is 0 Å². The van der Waals surface area contributed by atoms with Crippen molar-refractivity contribution in [2.75, 3.05) is 5.73 Å². The van der Waals surface area contributed by atoms with E-state index in [0.717, 1.165) is 5.75 Å². The Kier molecular flexibility index (Phi) is 3.33. The van der Waals surface area contributed by atoms with Gasteiger partial charge in [-0.25, -0.2) is 0 Å². The maximum Gasteiger partial charge on any atom is 0.142 e. The Bertz CT molecular complexity index is 520. The molecule has 2 aromatic rings. The molecule has 0 unspecified atom stereocenters. The normalized spacial score (nSPS) is 10.2. The molecule has 2 nitrogen and oxygen atoms in total. The summed E-state index contributed by atoms with van der Waals surface area (Å²) >= 11 is 0. The quantitative estimate of drug-likeness (QED) is 0.815. The maximum absolute atomic E-state index is 5.83. The fourth-order valence-electron chi connectivity index (χ4n) is 1.72. The molecule has 2 rings (SSSR count). The Labute approximate surface area is 102 Å². The van der Waals surface area contributed by atoms with E-state index in [9.17, 15) is 0 Å². The van der Waals surface area contributed by atoms with E-state index < -0.39 is 0 Å². The molecule has 0 aliphatic heterocycles. The van der Waals surface area contributed by atoms with Gasteiger partial charge in [0.25, 0.3) is 0 Å². The van der Waals surface area contributed by atoms with Crippen molar-refractivity contribution in [2.24, 2.45) is 0 Å². The lowest BCUT2D eigenvalue weighted by molar-refractivity contribution is 0.307. The Balaban J connectivity index is 2.12. The molecule has 0 amide bonds. The molecule has 17 heavy (non-hydrogen) atoms. The smallest absolute Gasteiger partial charge is 0.142 e. The summed E-state index contributed by atoms with van der Waals surface area (Å²) in [6.07, 6.45) is 0. The molecular formula is C15H17NO. The van der Waals surface area contributed by atoms with Crippen LogP contribution in [0.3, 0.4) is 0 Å². The minimum atomic E-state index is 0.557. The van der Waals surface area contributed by atoms with E-state index in [-0.39, 0.29) is 0 Å². The number of ether oxygens (including phenoxy) is 1. The van der Waals surface area contributed by atoms with Crippen molar-refractivity contribution < 1.29 is 4.74 Å². The highest BCUT2D eigenvalue weighted by Gasteiger charge is 2.02. The lowest BCUT2D eigenvalue weighted by Crippen LogP contribution is -2.00. The van der Waals surface area contributed by atoms with Gasteiger partial charge in [0.05, 0.1) is 5.69 Å². The lowest BCUT2D eigenvalue weighted by atomic mass is 10.1. The van der Waals surface area contributed by atoms with Crippen LogP contribution in [0.4, 0.5) is 5.69 Å². The van der Waals surface area contributed by atoms with Crippen LogP contribution in [0.25, 0.3) is 0 Å². The molecule has 2 heteroatoms. The predicted molar refractivity (Wildman–Crippen MR) is 71.1 cm³/mol. The Morgan fingerprint density at radius 3 is 2.59 bits per heavy atom. The standard InChI is InChI=1S/C15H17NO/c1-11-7-8-12(2)13(9-11)10-17-15-6-4-3-5-14(15)16/h3-9H,10,16H2,1-2H3. The van der Waals surface area contributed by atoms with Gasteiger partial charge in [-0.05, 0) is 37.1 Å². The number of benzene rings is 2. The molecule has 0 heterocycles. The largest absolute Gasteiger partial charge is 0.487 e. The second-order valence-electron chi connectivity index (χ2n) is 4.26.